The molecule has 1 fully saturated rings. The number of carbonyl (C=O) groups excluding carboxylic acids is 1. The summed E-state index contributed by atoms with van der Waals surface area (Å²) in [5, 5.41) is 13.3. The first-order valence-electron chi connectivity index (χ1n) is 8.25. The van der Waals surface area contributed by atoms with Crippen LogP contribution in [0, 0.1) is 12.7 Å². The molecule has 1 saturated heterocycles. The number of carbonyl (C=O) groups is 2. The van der Waals surface area contributed by atoms with Crippen LogP contribution >= 0.6 is 0 Å². The van der Waals surface area contributed by atoms with Gasteiger partial charge in [-0.05, 0) is 37.5 Å². The quantitative estimate of drug-likeness (QED) is 0.923. The van der Waals surface area contributed by atoms with Crippen molar-refractivity contribution in [2.75, 3.05) is 13.1 Å². The lowest BCUT2D eigenvalue weighted by molar-refractivity contribution is -0.131. The van der Waals surface area contributed by atoms with E-state index in [1.807, 2.05) is 0 Å². The van der Waals surface area contributed by atoms with Gasteiger partial charge in [0, 0.05) is 13.1 Å². The van der Waals surface area contributed by atoms with Crippen molar-refractivity contribution in [3.8, 4) is 0 Å². The average Bonchev–Trinajstić information content (AvgIpc) is 2.99. The lowest BCUT2D eigenvalue weighted by atomic mass is 10.0. The van der Waals surface area contributed by atoms with Gasteiger partial charge in [0.05, 0.1) is 24.4 Å². The monoisotopic (exact) mass is 345 g/mol. The van der Waals surface area contributed by atoms with Crippen molar-refractivity contribution in [2.45, 2.75) is 32.2 Å². The van der Waals surface area contributed by atoms with E-state index in [4.69, 9.17) is 5.11 Å². The second-order valence-electron chi connectivity index (χ2n) is 6.31. The molecule has 0 radical (unpaired) electrons. The van der Waals surface area contributed by atoms with Gasteiger partial charge in [-0.3, -0.25) is 9.48 Å². The highest BCUT2D eigenvalue weighted by Gasteiger charge is 2.26. The lowest BCUT2D eigenvalue weighted by Crippen LogP contribution is -2.40. The largest absolute Gasteiger partial charge is 0.478 e. The molecule has 1 N–H and O–H groups in total. The lowest BCUT2D eigenvalue weighted by Gasteiger charge is -2.32. The maximum absolute atomic E-state index is 12.9. The Bertz CT molecular complexity index is 777. The van der Waals surface area contributed by atoms with Crippen LogP contribution in [-0.2, 0) is 11.2 Å². The molecule has 1 aromatic carbocycles. The predicted octanol–water partition coefficient (Wildman–Crippen LogP) is 2.44. The fourth-order valence-corrected chi connectivity index (χ4v) is 3.25. The van der Waals surface area contributed by atoms with E-state index < -0.39 is 5.97 Å². The zero-order chi connectivity index (χ0) is 18.0. The van der Waals surface area contributed by atoms with E-state index in [2.05, 4.69) is 5.10 Å². The molecule has 0 spiro atoms. The van der Waals surface area contributed by atoms with E-state index in [0.29, 0.717) is 18.8 Å². The molecule has 0 bridgehead atoms. The van der Waals surface area contributed by atoms with Crippen LogP contribution in [0.1, 0.15) is 40.5 Å². The second-order valence-corrected chi connectivity index (χ2v) is 6.31. The number of carboxylic acid groups (broad SMARTS) is 1. The summed E-state index contributed by atoms with van der Waals surface area (Å²) in [6.45, 7) is 2.96. The van der Waals surface area contributed by atoms with Crippen LogP contribution in [0.5, 0.6) is 0 Å². The number of hydrogen-bond donors (Lipinski definition) is 1. The van der Waals surface area contributed by atoms with Gasteiger partial charge >= 0.3 is 5.97 Å². The summed E-state index contributed by atoms with van der Waals surface area (Å²) in [5.74, 6) is -1.27. The highest BCUT2D eigenvalue weighted by molar-refractivity contribution is 5.88. The molecule has 3 rings (SSSR count). The number of carboxylic acids is 1. The van der Waals surface area contributed by atoms with Crippen LogP contribution in [0.2, 0.25) is 0 Å². The first kappa shape index (κ1) is 17.1. The normalized spacial score (nSPS) is 15.4. The zero-order valence-electron chi connectivity index (χ0n) is 14.0. The van der Waals surface area contributed by atoms with Crippen molar-refractivity contribution in [1.82, 2.24) is 14.7 Å². The smallest absolute Gasteiger partial charge is 0.339 e. The van der Waals surface area contributed by atoms with E-state index in [-0.39, 0.29) is 29.8 Å². The molecular formula is C18H20FN3O3. The molecule has 1 aliphatic heterocycles. The molecular weight excluding hydrogens is 325 g/mol. The second kappa shape index (κ2) is 7.04. The first-order chi connectivity index (χ1) is 12.0. The summed E-state index contributed by atoms with van der Waals surface area (Å²) in [5.41, 5.74) is 1.65. The number of aromatic carboxylic acids is 1. The molecule has 0 atom stereocenters. The molecule has 0 saturated carbocycles. The van der Waals surface area contributed by atoms with E-state index in [0.717, 1.165) is 18.4 Å². The number of hydrogen-bond acceptors (Lipinski definition) is 3. The number of benzene rings is 1. The third kappa shape index (κ3) is 3.70. The maximum atomic E-state index is 12.9. The number of rotatable bonds is 4. The summed E-state index contributed by atoms with van der Waals surface area (Å²) in [4.78, 5) is 25.3. The van der Waals surface area contributed by atoms with E-state index in [1.54, 1.807) is 28.6 Å². The van der Waals surface area contributed by atoms with E-state index in [9.17, 15) is 14.0 Å². The van der Waals surface area contributed by atoms with Crippen molar-refractivity contribution in [2.24, 2.45) is 0 Å². The number of amides is 1. The Balaban J connectivity index is 1.59. The standard InChI is InChI=1S/C18H20FN3O3/c1-12-16(18(24)25)11-20-22(12)15-6-8-21(9-7-15)17(23)10-13-2-4-14(19)5-3-13/h2-5,11,15H,6-10H2,1H3,(H,24,25). The molecule has 2 aromatic rings. The Kier molecular flexibility index (Phi) is 4.83. The van der Waals surface area contributed by atoms with Gasteiger partial charge in [0.25, 0.3) is 0 Å². The minimum atomic E-state index is -0.976. The molecule has 0 unspecified atom stereocenters. The fourth-order valence-electron chi connectivity index (χ4n) is 3.25. The third-order valence-corrected chi connectivity index (χ3v) is 4.71. The van der Waals surface area contributed by atoms with Crippen molar-refractivity contribution in [1.29, 1.82) is 0 Å². The first-order valence-corrected chi connectivity index (χ1v) is 8.25. The number of likely N-dealkylation sites (tertiary alicyclic amines) is 1. The minimum absolute atomic E-state index is 0.0217. The van der Waals surface area contributed by atoms with Gasteiger partial charge in [-0.15, -0.1) is 0 Å². The topological polar surface area (TPSA) is 75.4 Å². The van der Waals surface area contributed by atoms with Gasteiger partial charge in [0.15, 0.2) is 0 Å². The summed E-state index contributed by atoms with van der Waals surface area (Å²) >= 11 is 0. The molecule has 2 heterocycles. The van der Waals surface area contributed by atoms with E-state index in [1.165, 1.54) is 18.3 Å². The molecule has 1 aliphatic rings. The molecule has 1 amide bonds. The van der Waals surface area contributed by atoms with Crippen LogP contribution in [0.4, 0.5) is 4.39 Å². The van der Waals surface area contributed by atoms with Crippen LogP contribution < -0.4 is 0 Å². The van der Waals surface area contributed by atoms with Crippen LogP contribution in [0.3, 0.4) is 0 Å². The third-order valence-electron chi connectivity index (χ3n) is 4.71. The van der Waals surface area contributed by atoms with Crippen molar-refractivity contribution in [3.63, 3.8) is 0 Å². The van der Waals surface area contributed by atoms with Crippen LogP contribution in [0.15, 0.2) is 30.5 Å². The fraction of sp³-hybridized carbons (Fsp3) is 0.389. The summed E-state index contributed by atoms with van der Waals surface area (Å²) in [6, 6.07) is 6.06. The van der Waals surface area contributed by atoms with Gasteiger partial charge in [-0.25, -0.2) is 9.18 Å². The average molecular weight is 345 g/mol. The Morgan fingerprint density at radius 2 is 1.88 bits per heavy atom. The van der Waals surface area contributed by atoms with E-state index >= 15 is 0 Å². The highest BCUT2D eigenvalue weighted by atomic mass is 19.1. The van der Waals surface area contributed by atoms with Crippen molar-refractivity contribution < 1.29 is 19.1 Å². The minimum Gasteiger partial charge on any atom is -0.478 e. The molecule has 7 heteroatoms. The Morgan fingerprint density at radius 3 is 2.44 bits per heavy atom. The number of nitrogens with zero attached hydrogens (tertiary/aromatic N) is 3. The summed E-state index contributed by atoms with van der Waals surface area (Å²) < 4.78 is 14.7. The van der Waals surface area contributed by atoms with Crippen LogP contribution in [-0.4, -0.2) is 44.8 Å². The van der Waals surface area contributed by atoms with Crippen molar-refractivity contribution >= 4 is 11.9 Å². The zero-order valence-corrected chi connectivity index (χ0v) is 14.0. The van der Waals surface area contributed by atoms with Gasteiger partial charge in [0.1, 0.15) is 11.4 Å². The Labute approximate surface area is 144 Å². The maximum Gasteiger partial charge on any atom is 0.339 e. The molecule has 1 aromatic heterocycles. The number of piperidine rings is 1. The molecule has 6 nitrogen and oxygen atoms in total. The Morgan fingerprint density at radius 1 is 1.24 bits per heavy atom. The summed E-state index contributed by atoms with van der Waals surface area (Å²) in [6.07, 6.45) is 3.10. The van der Waals surface area contributed by atoms with Crippen LogP contribution in [0.25, 0.3) is 0 Å². The number of halogens is 1. The highest BCUT2D eigenvalue weighted by Crippen LogP contribution is 2.25. The summed E-state index contributed by atoms with van der Waals surface area (Å²) in [7, 11) is 0. The predicted molar refractivity (Wildman–Crippen MR) is 88.9 cm³/mol. The molecule has 132 valence electrons. The SMILES string of the molecule is Cc1c(C(=O)O)cnn1C1CCN(C(=O)Cc2ccc(F)cc2)CC1. The van der Waals surface area contributed by atoms with Crippen molar-refractivity contribution in [3.05, 3.63) is 53.1 Å². The molecule has 25 heavy (non-hydrogen) atoms. The van der Waals surface area contributed by atoms with Gasteiger partial charge in [-0.1, -0.05) is 12.1 Å². The van der Waals surface area contributed by atoms with Gasteiger partial charge in [0.2, 0.25) is 5.91 Å². The molecule has 0 aliphatic carbocycles. The van der Waals surface area contributed by atoms with Gasteiger partial charge in [-0.2, -0.15) is 5.10 Å². The van der Waals surface area contributed by atoms with Gasteiger partial charge < -0.3 is 10.0 Å². The Hall–Kier alpha value is -2.70. The number of aromatic nitrogens is 2.